The number of likely N-dealkylation sites (N-methyl/N-ethyl adjacent to an activating group) is 1. The van der Waals surface area contributed by atoms with Crippen molar-refractivity contribution in [2.45, 2.75) is 59.2 Å². The molecule has 1 aliphatic heterocycles. The van der Waals surface area contributed by atoms with Crippen LogP contribution in [-0.2, 0) is 4.74 Å². The Labute approximate surface area is 100 Å². The summed E-state index contributed by atoms with van der Waals surface area (Å²) in [7, 11) is 0. The zero-order valence-corrected chi connectivity index (χ0v) is 11.6. The van der Waals surface area contributed by atoms with Crippen LogP contribution in [0.2, 0.25) is 0 Å². The Morgan fingerprint density at radius 1 is 1.31 bits per heavy atom. The number of halogens is 1. The highest BCUT2D eigenvalue weighted by Crippen LogP contribution is 2.34. The molecule has 0 radical (unpaired) electrons. The lowest BCUT2D eigenvalue weighted by Crippen LogP contribution is -2.47. The minimum Gasteiger partial charge on any atom is -0.380 e. The van der Waals surface area contributed by atoms with Gasteiger partial charge >= 0.3 is 0 Å². The summed E-state index contributed by atoms with van der Waals surface area (Å²) in [6.07, 6.45) is 0.939. The van der Waals surface area contributed by atoms with E-state index >= 15 is 0 Å². The summed E-state index contributed by atoms with van der Waals surface area (Å²) in [5.41, 5.74) is -0.0375. The molecule has 0 aromatic rings. The zero-order chi connectivity index (χ0) is 12.6. The number of likely N-dealkylation sites (tertiary alicyclic amines) is 1. The van der Waals surface area contributed by atoms with Crippen LogP contribution in [0.15, 0.2) is 0 Å². The Kier molecular flexibility index (Phi) is 7.94. The molecule has 16 heavy (non-hydrogen) atoms. The molecule has 0 aromatic carbocycles. The van der Waals surface area contributed by atoms with Crippen LogP contribution in [0.4, 0.5) is 4.39 Å². The van der Waals surface area contributed by atoms with Crippen molar-refractivity contribution in [3.8, 4) is 0 Å². The lowest BCUT2D eigenvalue weighted by atomic mass is 9.93. The third-order valence-corrected chi connectivity index (χ3v) is 3.31. The summed E-state index contributed by atoms with van der Waals surface area (Å²) < 4.78 is 18.9. The third-order valence-electron chi connectivity index (χ3n) is 3.31. The monoisotopic (exact) mass is 233 g/mol. The van der Waals surface area contributed by atoms with E-state index in [0.29, 0.717) is 19.6 Å². The Morgan fingerprint density at radius 3 is 2.38 bits per heavy atom. The van der Waals surface area contributed by atoms with Gasteiger partial charge in [-0.3, -0.25) is 4.90 Å². The molecule has 0 saturated carbocycles. The van der Waals surface area contributed by atoms with Crippen LogP contribution in [-0.4, -0.2) is 42.9 Å². The molecule has 2 unspecified atom stereocenters. The van der Waals surface area contributed by atoms with E-state index in [1.165, 1.54) is 0 Å². The van der Waals surface area contributed by atoms with Gasteiger partial charge in [-0.15, -0.1) is 0 Å². The van der Waals surface area contributed by atoms with Crippen LogP contribution in [0.5, 0.6) is 0 Å². The molecular weight excluding hydrogens is 205 g/mol. The van der Waals surface area contributed by atoms with Crippen molar-refractivity contribution in [3.63, 3.8) is 0 Å². The van der Waals surface area contributed by atoms with Crippen molar-refractivity contribution >= 4 is 0 Å². The molecule has 1 aliphatic rings. The maximum absolute atomic E-state index is 13.4. The summed E-state index contributed by atoms with van der Waals surface area (Å²) in [4.78, 5) is 2.23. The molecule has 1 rings (SSSR count). The van der Waals surface area contributed by atoms with Gasteiger partial charge in [-0.05, 0) is 19.9 Å². The van der Waals surface area contributed by atoms with Crippen molar-refractivity contribution < 1.29 is 9.13 Å². The van der Waals surface area contributed by atoms with Crippen LogP contribution in [0.1, 0.15) is 47.5 Å². The Bertz CT molecular complexity index is 177. The second-order valence-corrected chi connectivity index (χ2v) is 4.06. The molecule has 1 saturated heterocycles. The molecule has 0 aromatic heterocycles. The fraction of sp³-hybridized carbons (Fsp3) is 1.00. The third kappa shape index (κ3) is 3.70. The molecular formula is C13H28FNO. The highest BCUT2D eigenvalue weighted by molar-refractivity contribution is 4.98. The van der Waals surface area contributed by atoms with Crippen LogP contribution in [0, 0.1) is 0 Å². The minimum atomic E-state index is -0.671. The molecule has 1 heterocycles. The van der Waals surface area contributed by atoms with E-state index < -0.39 is 6.17 Å². The number of hydrogen-bond acceptors (Lipinski definition) is 2. The van der Waals surface area contributed by atoms with Gasteiger partial charge in [-0.25, -0.2) is 4.39 Å². The van der Waals surface area contributed by atoms with Gasteiger partial charge in [0.15, 0.2) is 0 Å². The zero-order valence-electron chi connectivity index (χ0n) is 11.6. The van der Waals surface area contributed by atoms with Crippen molar-refractivity contribution in [2.75, 3.05) is 26.3 Å². The maximum atomic E-state index is 13.4. The highest BCUT2D eigenvalue weighted by atomic mass is 19.1. The lowest BCUT2D eigenvalue weighted by molar-refractivity contribution is 0.0187. The molecule has 1 fully saturated rings. The molecule has 0 bridgehead atoms. The van der Waals surface area contributed by atoms with E-state index in [1.807, 2.05) is 20.8 Å². The molecule has 2 nitrogen and oxygen atoms in total. The van der Waals surface area contributed by atoms with Crippen LogP contribution >= 0.6 is 0 Å². The number of ether oxygens (including phenoxy) is 1. The summed E-state index contributed by atoms with van der Waals surface area (Å²) in [5.74, 6) is 0. The van der Waals surface area contributed by atoms with Crippen molar-refractivity contribution in [3.05, 3.63) is 0 Å². The standard InChI is InChI=1S/C11H22FNO.C2H6/c1-4-11(9-14-6-3)7-10(12)8-13(11)5-2;1-2/h10H,4-9H2,1-3H3;1-2H3. The SMILES string of the molecule is CC.CCOCC1(CC)CC(F)CN1CC. The van der Waals surface area contributed by atoms with E-state index in [4.69, 9.17) is 4.74 Å². The van der Waals surface area contributed by atoms with Gasteiger partial charge in [0.05, 0.1) is 6.61 Å². The first-order valence-corrected chi connectivity index (χ1v) is 6.65. The average molecular weight is 233 g/mol. The Morgan fingerprint density at radius 2 is 1.94 bits per heavy atom. The van der Waals surface area contributed by atoms with Crippen molar-refractivity contribution in [2.24, 2.45) is 0 Å². The van der Waals surface area contributed by atoms with E-state index in [0.717, 1.165) is 19.6 Å². The van der Waals surface area contributed by atoms with Crippen LogP contribution in [0.25, 0.3) is 0 Å². The van der Waals surface area contributed by atoms with Crippen molar-refractivity contribution in [1.82, 2.24) is 4.90 Å². The minimum absolute atomic E-state index is 0.0375. The van der Waals surface area contributed by atoms with Gasteiger partial charge in [0.1, 0.15) is 6.17 Å². The molecule has 0 spiro atoms. The smallest absolute Gasteiger partial charge is 0.115 e. The summed E-state index contributed by atoms with van der Waals surface area (Å²) in [5, 5.41) is 0. The number of nitrogens with zero attached hydrogens (tertiary/aromatic N) is 1. The van der Waals surface area contributed by atoms with Crippen LogP contribution < -0.4 is 0 Å². The molecule has 2 atom stereocenters. The highest BCUT2D eigenvalue weighted by Gasteiger charge is 2.43. The predicted octanol–water partition coefficient (Wildman–Crippen LogP) is 3.26. The van der Waals surface area contributed by atoms with E-state index in [-0.39, 0.29) is 5.54 Å². The summed E-state index contributed by atoms with van der Waals surface area (Å²) in [6.45, 7) is 13.1. The first kappa shape index (κ1) is 15.9. The molecule has 0 aliphatic carbocycles. The number of rotatable bonds is 5. The second kappa shape index (κ2) is 8.02. The van der Waals surface area contributed by atoms with E-state index in [2.05, 4.69) is 18.7 Å². The van der Waals surface area contributed by atoms with Gasteiger partial charge in [0.25, 0.3) is 0 Å². The fourth-order valence-electron chi connectivity index (χ4n) is 2.42. The van der Waals surface area contributed by atoms with E-state index in [9.17, 15) is 4.39 Å². The first-order chi connectivity index (χ1) is 7.68. The Balaban J connectivity index is 0.00000106. The summed E-state index contributed by atoms with van der Waals surface area (Å²) in [6, 6.07) is 0. The maximum Gasteiger partial charge on any atom is 0.115 e. The normalized spacial score (nSPS) is 30.0. The fourth-order valence-corrected chi connectivity index (χ4v) is 2.42. The molecule has 98 valence electrons. The molecule has 0 amide bonds. The van der Waals surface area contributed by atoms with Gasteiger partial charge in [-0.2, -0.15) is 0 Å². The quantitative estimate of drug-likeness (QED) is 0.722. The predicted molar refractivity (Wildman–Crippen MR) is 67.6 cm³/mol. The van der Waals surface area contributed by atoms with Gasteiger partial charge in [0.2, 0.25) is 0 Å². The average Bonchev–Trinajstić information content (AvgIpc) is 2.66. The van der Waals surface area contributed by atoms with Gasteiger partial charge < -0.3 is 4.74 Å². The first-order valence-electron chi connectivity index (χ1n) is 6.65. The Hall–Kier alpha value is -0.150. The number of alkyl halides is 1. The van der Waals surface area contributed by atoms with E-state index in [1.54, 1.807) is 0 Å². The molecule has 3 heteroatoms. The lowest BCUT2D eigenvalue weighted by Gasteiger charge is -2.36. The topological polar surface area (TPSA) is 12.5 Å². The largest absolute Gasteiger partial charge is 0.380 e. The molecule has 0 N–H and O–H groups in total. The van der Waals surface area contributed by atoms with Gasteiger partial charge in [-0.1, -0.05) is 27.7 Å². The number of hydrogen-bond donors (Lipinski definition) is 0. The van der Waals surface area contributed by atoms with Gasteiger partial charge in [0, 0.05) is 25.1 Å². The van der Waals surface area contributed by atoms with Crippen LogP contribution in [0.3, 0.4) is 0 Å². The summed E-state index contributed by atoms with van der Waals surface area (Å²) >= 11 is 0. The second-order valence-electron chi connectivity index (χ2n) is 4.06. The van der Waals surface area contributed by atoms with Crippen molar-refractivity contribution in [1.29, 1.82) is 0 Å².